The molecule has 1 aliphatic rings. The van der Waals surface area contributed by atoms with E-state index in [0.29, 0.717) is 5.56 Å². The Balaban J connectivity index is 2.01. The first-order valence-electron chi connectivity index (χ1n) is 8.12. The van der Waals surface area contributed by atoms with Crippen LogP contribution < -0.4 is 0 Å². The van der Waals surface area contributed by atoms with Crippen molar-refractivity contribution >= 4 is 18.0 Å². The Hall–Kier alpha value is -1.98. The number of hydrogen-bond donors (Lipinski definition) is 0. The van der Waals surface area contributed by atoms with Gasteiger partial charge in [0.15, 0.2) is 0 Å². The molecule has 1 aromatic carbocycles. The second-order valence-electron chi connectivity index (χ2n) is 6.50. The number of benzene rings is 1. The Labute approximate surface area is 141 Å². The number of hydrogen-bond acceptors (Lipinski definition) is 3. The molecule has 0 unspecified atom stereocenters. The van der Waals surface area contributed by atoms with Crippen LogP contribution in [0.2, 0.25) is 0 Å². The van der Waals surface area contributed by atoms with Gasteiger partial charge in [0.05, 0.1) is 24.2 Å². The van der Waals surface area contributed by atoms with Crippen molar-refractivity contribution in [3.8, 4) is 0 Å². The Bertz CT molecular complexity index is 636. The maximum absolute atomic E-state index is 12.8. The van der Waals surface area contributed by atoms with Crippen molar-refractivity contribution in [1.82, 2.24) is 4.90 Å². The summed E-state index contributed by atoms with van der Waals surface area (Å²) in [6.45, 7) is 6.62. The van der Waals surface area contributed by atoms with E-state index >= 15 is 0 Å². The van der Waals surface area contributed by atoms with Gasteiger partial charge in [-0.15, -0.1) is 0 Å². The van der Waals surface area contributed by atoms with Gasteiger partial charge >= 0.3 is 5.97 Å². The number of rotatable bonds is 6. The van der Waals surface area contributed by atoms with E-state index in [2.05, 4.69) is 4.99 Å². The van der Waals surface area contributed by atoms with E-state index in [4.69, 9.17) is 4.74 Å². The SMILES string of the molecule is CCN(C)/C=N/c1cc(C)c(C(=O)OCC2CC(F)(F)C2)cc1C. The van der Waals surface area contributed by atoms with Gasteiger partial charge in [-0.2, -0.15) is 0 Å². The molecular weight excluding hydrogens is 314 g/mol. The van der Waals surface area contributed by atoms with Crippen LogP contribution in [0.4, 0.5) is 14.5 Å². The van der Waals surface area contributed by atoms with Gasteiger partial charge in [0.1, 0.15) is 0 Å². The second kappa shape index (κ2) is 7.28. The monoisotopic (exact) mass is 338 g/mol. The molecular formula is C18H24F2N2O2. The normalized spacial score (nSPS) is 16.9. The summed E-state index contributed by atoms with van der Waals surface area (Å²) in [6.07, 6.45) is 1.35. The smallest absolute Gasteiger partial charge is 0.338 e. The number of halogens is 2. The summed E-state index contributed by atoms with van der Waals surface area (Å²) in [4.78, 5) is 18.6. The van der Waals surface area contributed by atoms with E-state index in [1.54, 1.807) is 12.4 Å². The summed E-state index contributed by atoms with van der Waals surface area (Å²) in [5.74, 6) is -3.29. The van der Waals surface area contributed by atoms with Crippen molar-refractivity contribution in [3.63, 3.8) is 0 Å². The third kappa shape index (κ3) is 4.52. The molecule has 24 heavy (non-hydrogen) atoms. The molecule has 1 saturated carbocycles. The van der Waals surface area contributed by atoms with E-state index in [9.17, 15) is 13.6 Å². The molecule has 0 saturated heterocycles. The minimum atomic E-state index is -2.59. The predicted octanol–water partition coefficient (Wildman–Crippen LogP) is 4.12. The Morgan fingerprint density at radius 3 is 2.62 bits per heavy atom. The molecule has 0 bridgehead atoms. The van der Waals surface area contributed by atoms with Crippen molar-refractivity contribution in [2.75, 3.05) is 20.2 Å². The van der Waals surface area contributed by atoms with E-state index in [0.717, 1.165) is 23.4 Å². The van der Waals surface area contributed by atoms with Gasteiger partial charge in [-0.25, -0.2) is 18.6 Å². The summed E-state index contributed by atoms with van der Waals surface area (Å²) in [5, 5.41) is 0. The third-order valence-corrected chi connectivity index (χ3v) is 4.28. The minimum Gasteiger partial charge on any atom is -0.462 e. The molecule has 0 aromatic heterocycles. The summed E-state index contributed by atoms with van der Waals surface area (Å²) >= 11 is 0. The average molecular weight is 338 g/mol. The number of alkyl halides is 2. The zero-order chi connectivity index (χ0) is 17.9. The lowest BCUT2D eigenvalue weighted by atomic mass is 9.82. The number of carbonyl (C=O) groups is 1. The van der Waals surface area contributed by atoms with E-state index in [1.807, 2.05) is 38.8 Å². The fourth-order valence-electron chi connectivity index (χ4n) is 2.58. The molecule has 0 N–H and O–H groups in total. The number of aryl methyl sites for hydroxylation is 2. The van der Waals surface area contributed by atoms with Crippen LogP contribution in [0.25, 0.3) is 0 Å². The molecule has 1 aromatic rings. The standard InChI is InChI=1S/C18H24F2N2O2/c1-5-22(4)11-21-16-7-12(2)15(6-13(16)3)17(23)24-10-14-8-18(19,20)9-14/h6-7,11,14H,5,8-10H2,1-4H3/b21-11+. The number of carbonyl (C=O) groups excluding carboxylic acids is 1. The van der Waals surface area contributed by atoms with Gasteiger partial charge in [-0.05, 0) is 44.0 Å². The van der Waals surface area contributed by atoms with Crippen LogP contribution >= 0.6 is 0 Å². The fourth-order valence-corrected chi connectivity index (χ4v) is 2.58. The lowest BCUT2D eigenvalue weighted by molar-refractivity contribution is -0.122. The maximum Gasteiger partial charge on any atom is 0.338 e. The predicted molar refractivity (Wildman–Crippen MR) is 90.3 cm³/mol. The topological polar surface area (TPSA) is 41.9 Å². The minimum absolute atomic E-state index is 0.0497. The molecule has 0 aliphatic heterocycles. The Morgan fingerprint density at radius 1 is 1.38 bits per heavy atom. The van der Waals surface area contributed by atoms with Crippen molar-refractivity contribution in [1.29, 1.82) is 0 Å². The van der Waals surface area contributed by atoms with Crippen LogP contribution in [0.1, 0.15) is 41.3 Å². The van der Waals surface area contributed by atoms with Crippen LogP contribution in [-0.2, 0) is 4.74 Å². The average Bonchev–Trinajstić information content (AvgIpc) is 2.50. The molecule has 1 fully saturated rings. The fraction of sp³-hybridized carbons (Fsp3) is 0.556. The van der Waals surface area contributed by atoms with Gasteiger partial charge in [0, 0.05) is 32.4 Å². The molecule has 0 spiro atoms. The molecule has 6 heteroatoms. The van der Waals surface area contributed by atoms with Crippen molar-refractivity contribution in [2.45, 2.75) is 39.5 Å². The highest BCUT2D eigenvalue weighted by molar-refractivity contribution is 5.92. The largest absolute Gasteiger partial charge is 0.462 e. The molecule has 0 radical (unpaired) electrons. The van der Waals surface area contributed by atoms with E-state index in [-0.39, 0.29) is 25.4 Å². The quantitative estimate of drug-likeness (QED) is 0.445. The first kappa shape index (κ1) is 18.4. The van der Waals surface area contributed by atoms with Gasteiger partial charge in [-0.1, -0.05) is 0 Å². The lowest BCUT2D eigenvalue weighted by Crippen LogP contribution is -2.38. The van der Waals surface area contributed by atoms with Crippen molar-refractivity contribution in [3.05, 3.63) is 28.8 Å². The highest BCUT2D eigenvalue weighted by atomic mass is 19.3. The molecule has 0 atom stereocenters. The number of ether oxygens (including phenoxy) is 1. The maximum atomic E-state index is 12.8. The van der Waals surface area contributed by atoms with Crippen molar-refractivity contribution in [2.24, 2.45) is 10.9 Å². The van der Waals surface area contributed by atoms with E-state index in [1.165, 1.54) is 0 Å². The summed E-state index contributed by atoms with van der Waals surface area (Å²) < 4.78 is 30.8. The molecule has 132 valence electrons. The Kier molecular flexibility index (Phi) is 5.57. The Morgan fingerprint density at radius 2 is 2.04 bits per heavy atom. The van der Waals surface area contributed by atoms with Crippen LogP contribution in [0.15, 0.2) is 17.1 Å². The second-order valence-corrected chi connectivity index (χ2v) is 6.50. The van der Waals surface area contributed by atoms with Gasteiger partial charge in [-0.3, -0.25) is 0 Å². The number of esters is 1. The first-order chi connectivity index (χ1) is 11.2. The highest BCUT2D eigenvalue weighted by Crippen LogP contribution is 2.42. The summed E-state index contributed by atoms with van der Waals surface area (Å²) in [5.41, 5.74) is 2.88. The zero-order valence-corrected chi connectivity index (χ0v) is 14.6. The lowest BCUT2D eigenvalue weighted by Gasteiger charge is -2.34. The van der Waals surface area contributed by atoms with Crippen molar-refractivity contribution < 1.29 is 18.3 Å². The zero-order valence-electron chi connectivity index (χ0n) is 14.6. The molecule has 0 amide bonds. The van der Waals surface area contributed by atoms with Crippen LogP contribution in [-0.4, -0.2) is 43.3 Å². The third-order valence-electron chi connectivity index (χ3n) is 4.28. The molecule has 2 rings (SSSR count). The number of nitrogens with zero attached hydrogens (tertiary/aromatic N) is 2. The molecule has 0 heterocycles. The molecule has 4 nitrogen and oxygen atoms in total. The summed E-state index contributed by atoms with van der Waals surface area (Å²) in [7, 11) is 1.93. The van der Waals surface area contributed by atoms with E-state index < -0.39 is 11.9 Å². The van der Waals surface area contributed by atoms with Crippen LogP contribution in [0.3, 0.4) is 0 Å². The molecule has 1 aliphatic carbocycles. The first-order valence-corrected chi connectivity index (χ1v) is 8.12. The number of aliphatic imine (C=N–C) groups is 1. The van der Waals surface area contributed by atoms with Crippen LogP contribution in [0, 0.1) is 19.8 Å². The van der Waals surface area contributed by atoms with Gasteiger partial charge < -0.3 is 9.64 Å². The summed E-state index contributed by atoms with van der Waals surface area (Å²) in [6, 6.07) is 3.58. The van der Waals surface area contributed by atoms with Gasteiger partial charge in [0.25, 0.3) is 0 Å². The van der Waals surface area contributed by atoms with Gasteiger partial charge in [0.2, 0.25) is 5.92 Å². The van der Waals surface area contributed by atoms with Crippen LogP contribution in [0.5, 0.6) is 0 Å². The highest BCUT2D eigenvalue weighted by Gasteiger charge is 2.45.